The Morgan fingerprint density at radius 3 is 2.56 bits per heavy atom. The van der Waals surface area contributed by atoms with Crippen molar-refractivity contribution in [1.29, 1.82) is 0 Å². The number of halogens is 1. The van der Waals surface area contributed by atoms with Crippen LogP contribution in [0.3, 0.4) is 0 Å². The Hall–Kier alpha value is -2.17. The number of nitrogens with two attached hydrogens (primary N) is 1. The number of nitrogens with one attached hydrogen (secondary N) is 1. The average molecular weight is 246 g/mol. The topological polar surface area (TPSA) is 63.8 Å². The Morgan fingerprint density at radius 2 is 1.89 bits per heavy atom. The van der Waals surface area contributed by atoms with Gasteiger partial charge in [-0.15, -0.1) is 0 Å². The Bertz CT molecular complexity index is 596. The Kier molecular flexibility index (Phi) is 3.14. The lowest BCUT2D eigenvalue weighted by atomic mass is 10.2. The van der Waals surface area contributed by atoms with Crippen LogP contribution >= 0.6 is 0 Å². The summed E-state index contributed by atoms with van der Waals surface area (Å²) in [6.07, 6.45) is 0. The van der Waals surface area contributed by atoms with Gasteiger partial charge in [0, 0.05) is 5.56 Å². The predicted octanol–water partition coefficient (Wildman–Crippen LogP) is 2.87. The number of hydrogen-bond donors (Lipinski definition) is 2. The number of anilines is 3. The molecule has 0 saturated carbocycles. The van der Waals surface area contributed by atoms with Crippen molar-refractivity contribution in [2.75, 3.05) is 11.1 Å². The highest BCUT2D eigenvalue weighted by molar-refractivity contribution is 5.64. The molecule has 0 unspecified atom stereocenters. The van der Waals surface area contributed by atoms with E-state index in [9.17, 15) is 4.39 Å². The van der Waals surface area contributed by atoms with Crippen LogP contribution in [0, 0.1) is 26.6 Å². The normalized spacial score (nSPS) is 10.4. The molecule has 18 heavy (non-hydrogen) atoms. The molecule has 0 fully saturated rings. The third kappa shape index (κ3) is 2.40. The zero-order chi connectivity index (χ0) is 13.3. The summed E-state index contributed by atoms with van der Waals surface area (Å²) in [5.41, 5.74) is 7.71. The standard InChI is InChI=1S/C13H15FN4/c1-7-4-5-11(10(14)6-7)18-13-8(2)12(15)16-9(3)17-13/h4-6H,1-3H3,(H3,15,16,17,18). The fraction of sp³-hybridized carbons (Fsp3) is 0.231. The molecule has 0 aliphatic rings. The molecule has 0 radical (unpaired) electrons. The Morgan fingerprint density at radius 1 is 1.17 bits per heavy atom. The summed E-state index contributed by atoms with van der Waals surface area (Å²) in [5.74, 6) is 1.16. The molecule has 94 valence electrons. The third-order valence-electron chi connectivity index (χ3n) is 2.67. The lowest BCUT2D eigenvalue weighted by Gasteiger charge is -2.11. The van der Waals surface area contributed by atoms with Crippen molar-refractivity contribution >= 4 is 17.3 Å². The molecular weight excluding hydrogens is 231 g/mol. The Balaban J connectivity index is 2.40. The quantitative estimate of drug-likeness (QED) is 0.855. The minimum Gasteiger partial charge on any atom is -0.383 e. The molecule has 1 aromatic carbocycles. The maximum absolute atomic E-state index is 13.7. The molecule has 0 saturated heterocycles. The highest BCUT2D eigenvalue weighted by atomic mass is 19.1. The SMILES string of the molecule is Cc1ccc(Nc2nc(C)nc(N)c2C)c(F)c1. The number of hydrogen-bond acceptors (Lipinski definition) is 4. The largest absolute Gasteiger partial charge is 0.383 e. The molecule has 0 atom stereocenters. The summed E-state index contributed by atoms with van der Waals surface area (Å²) in [6.45, 7) is 5.38. The molecule has 1 heterocycles. The summed E-state index contributed by atoms with van der Waals surface area (Å²) in [4.78, 5) is 8.27. The van der Waals surface area contributed by atoms with Crippen LogP contribution in [0.1, 0.15) is 17.0 Å². The molecule has 5 heteroatoms. The van der Waals surface area contributed by atoms with Gasteiger partial charge in [0.2, 0.25) is 0 Å². The van der Waals surface area contributed by atoms with E-state index >= 15 is 0 Å². The first kappa shape index (κ1) is 12.3. The maximum Gasteiger partial charge on any atom is 0.146 e. The fourth-order valence-electron chi connectivity index (χ4n) is 1.62. The molecule has 0 aliphatic carbocycles. The number of aromatic nitrogens is 2. The maximum atomic E-state index is 13.7. The van der Waals surface area contributed by atoms with Crippen LogP contribution in [0.2, 0.25) is 0 Å². The lowest BCUT2D eigenvalue weighted by Crippen LogP contribution is -2.05. The highest BCUT2D eigenvalue weighted by Crippen LogP contribution is 2.24. The second kappa shape index (κ2) is 4.60. The summed E-state index contributed by atoms with van der Waals surface area (Å²) in [6, 6.07) is 4.98. The van der Waals surface area contributed by atoms with Gasteiger partial charge in [-0.25, -0.2) is 14.4 Å². The minimum atomic E-state index is -0.316. The van der Waals surface area contributed by atoms with Crippen molar-refractivity contribution in [3.63, 3.8) is 0 Å². The van der Waals surface area contributed by atoms with Crippen LogP contribution in [-0.2, 0) is 0 Å². The highest BCUT2D eigenvalue weighted by Gasteiger charge is 2.09. The van der Waals surface area contributed by atoms with Crippen LogP contribution in [0.15, 0.2) is 18.2 Å². The van der Waals surface area contributed by atoms with Crippen LogP contribution in [0.4, 0.5) is 21.7 Å². The molecule has 0 bridgehead atoms. The number of nitrogen functional groups attached to an aromatic ring is 1. The van der Waals surface area contributed by atoms with E-state index in [1.807, 2.05) is 13.0 Å². The number of nitrogens with zero attached hydrogens (tertiary/aromatic N) is 2. The second-order valence-electron chi connectivity index (χ2n) is 4.24. The van der Waals surface area contributed by atoms with Crippen molar-refractivity contribution in [1.82, 2.24) is 9.97 Å². The van der Waals surface area contributed by atoms with Gasteiger partial charge < -0.3 is 11.1 Å². The zero-order valence-electron chi connectivity index (χ0n) is 10.6. The molecular formula is C13H15FN4. The van der Waals surface area contributed by atoms with Gasteiger partial charge in [-0.05, 0) is 38.5 Å². The first-order chi connectivity index (χ1) is 8.47. The first-order valence-electron chi connectivity index (χ1n) is 5.61. The zero-order valence-corrected chi connectivity index (χ0v) is 10.6. The average Bonchev–Trinajstić information content (AvgIpc) is 2.29. The molecule has 2 aromatic rings. The molecule has 2 rings (SSSR count). The van der Waals surface area contributed by atoms with Crippen molar-refractivity contribution in [3.8, 4) is 0 Å². The molecule has 0 spiro atoms. The van der Waals surface area contributed by atoms with Crippen molar-refractivity contribution in [2.45, 2.75) is 20.8 Å². The van der Waals surface area contributed by atoms with E-state index in [1.165, 1.54) is 6.07 Å². The summed E-state index contributed by atoms with van der Waals surface area (Å²) < 4.78 is 13.7. The van der Waals surface area contributed by atoms with E-state index in [1.54, 1.807) is 19.9 Å². The predicted molar refractivity (Wildman–Crippen MR) is 70.3 cm³/mol. The second-order valence-corrected chi connectivity index (χ2v) is 4.24. The Labute approximate surface area is 105 Å². The van der Waals surface area contributed by atoms with Crippen molar-refractivity contribution in [3.05, 3.63) is 41.0 Å². The van der Waals surface area contributed by atoms with E-state index in [4.69, 9.17) is 5.73 Å². The van der Waals surface area contributed by atoms with Crippen LogP contribution in [0.25, 0.3) is 0 Å². The van der Waals surface area contributed by atoms with Gasteiger partial charge in [0.1, 0.15) is 23.3 Å². The first-order valence-corrected chi connectivity index (χ1v) is 5.61. The molecule has 3 N–H and O–H groups in total. The van der Waals surface area contributed by atoms with Gasteiger partial charge in [-0.3, -0.25) is 0 Å². The van der Waals surface area contributed by atoms with E-state index < -0.39 is 0 Å². The summed E-state index contributed by atoms with van der Waals surface area (Å²) in [7, 11) is 0. The van der Waals surface area contributed by atoms with Gasteiger partial charge in [0.15, 0.2) is 0 Å². The van der Waals surface area contributed by atoms with Gasteiger partial charge in [0.05, 0.1) is 5.69 Å². The molecule has 1 aromatic heterocycles. The molecule has 4 nitrogen and oxygen atoms in total. The lowest BCUT2D eigenvalue weighted by molar-refractivity contribution is 0.630. The van der Waals surface area contributed by atoms with Gasteiger partial charge in [-0.1, -0.05) is 6.07 Å². The number of benzene rings is 1. The van der Waals surface area contributed by atoms with E-state index in [0.29, 0.717) is 28.7 Å². The van der Waals surface area contributed by atoms with Crippen molar-refractivity contribution < 1.29 is 4.39 Å². The van der Waals surface area contributed by atoms with Crippen LogP contribution in [-0.4, -0.2) is 9.97 Å². The summed E-state index contributed by atoms with van der Waals surface area (Å²) >= 11 is 0. The smallest absolute Gasteiger partial charge is 0.146 e. The van der Waals surface area contributed by atoms with Crippen LogP contribution < -0.4 is 11.1 Å². The van der Waals surface area contributed by atoms with Crippen molar-refractivity contribution in [2.24, 2.45) is 0 Å². The van der Waals surface area contributed by atoms with Crippen LogP contribution in [0.5, 0.6) is 0 Å². The van der Waals surface area contributed by atoms with E-state index in [-0.39, 0.29) is 5.82 Å². The molecule has 0 aliphatic heterocycles. The summed E-state index contributed by atoms with van der Waals surface area (Å²) in [5, 5.41) is 2.94. The monoisotopic (exact) mass is 246 g/mol. The van der Waals surface area contributed by atoms with E-state index in [2.05, 4.69) is 15.3 Å². The fourth-order valence-corrected chi connectivity index (χ4v) is 1.62. The van der Waals surface area contributed by atoms with Gasteiger partial charge >= 0.3 is 0 Å². The molecule has 0 amide bonds. The van der Waals surface area contributed by atoms with E-state index in [0.717, 1.165) is 5.56 Å². The third-order valence-corrected chi connectivity index (χ3v) is 2.67. The number of aryl methyl sites for hydroxylation is 2. The minimum absolute atomic E-state index is 0.316. The van der Waals surface area contributed by atoms with Gasteiger partial charge in [0.25, 0.3) is 0 Å². The number of rotatable bonds is 2. The van der Waals surface area contributed by atoms with Gasteiger partial charge in [-0.2, -0.15) is 0 Å².